The summed E-state index contributed by atoms with van der Waals surface area (Å²) < 4.78 is 20.0. The lowest BCUT2D eigenvalue weighted by Crippen LogP contribution is -2.38. The molecule has 0 saturated heterocycles. The van der Waals surface area contributed by atoms with Gasteiger partial charge in [0.05, 0.1) is 24.9 Å². The summed E-state index contributed by atoms with van der Waals surface area (Å²) in [6.45, 7) is 5.78. The Morgan fingerprint density at radius 2 is 2.10 bits per heavy atom. The highest BCUT2D eigenvalue weighted by atomic mass is 19.1. The normalized spacial score (nSPS) is 14.9. The fourth-order valence-corrected chi connectivity index (χ4v) is 2.97. The molecule has 0 bridgehead atoms. The van der Waals surface area contributed by atoms with E-state index < -0.39 is 0 Å². The van der Waals surface area contributed by atoms with E-state index in [2.05, 4.69) is 20.6 Å². The van der Waals surface area contributed by atoms with E-state index >= 15 is 0 Å². The smallest absolute Gasteiger partial charge is 0.192 e. The first-order valence-electron chi connectivity index (χ1n) is 10.6. The summed E-state index contributed by atoms with van der Waals surface area (Å²) in [7, 11) is 3.92. The number of hydrogen-bond acceptors (Lipinski definition) is 4. The Labute approximate surface area is 178 Å². The van der Waals surface area contributed by atoms with Crippen molar-refractivity contribution in [3.63, 3.8) is 0 Å². The highest BCUT2D eigenvalue weighted by Crippen LogP contribution is 2.30. The monoisotopic (exact) mass is 413 g/mol. The molecule has 30 heavy (non-hydrogen) atoms. The van der Waals surface area contributed by atoms with Crippen LogP contribution in [-0.4, -0.2) is 38.2 Å². The minimum atomic E-state index is -0.326. The molecule has 6 nitrogen and oxygen atoms in total. The van der Waals surface area contributed by atoms with Crippen molar-refractivity contribution >= 4 is 11.8 Å². The summed E-state index contributed by atoms with van der Waals surface area (Å²) in [5.74, 6) is 2.15. The van der Waals surface area contributed by atoms with E-state index in [0.717, 1.165) is 23.6 Å². The minimum absolute atomic E-state index is 0.115. The van der Waals surface area contributed by atoms with Crippen molar-refractivity contribution in [2.24, 2.45) is 10.9 Å². The maximum atomic E-state index is 14.4. The van der Waals surface area contributed by atoms with Gasteiger partial charge in [0.15, 0.2) is 17.5 Å². The van der Waals surface area contributed by atoms with Gasteiger partial charge < -0.3 is 20.3 Å². The number of guanidine groups is 1. The first-order chi connectivity index (χ1) is 14.5. The third kappa shape index (κ3) is 6.34. The number of pyridine rings is 1. The molecule has 1 aromatic heterocycles. The summed E-state index contributed by atoms with van der Waals surface area (Å²) in [6.07, 6.45) is 2.37. The average molecular weight is 414 g/mol. The Morgan fingerprint density at radius 1 is 1.30 bits per heavy atom. The van der Waals surface area contributed by atoms with E-state index in [0.29, 0.717) is 30.8 Å². The van der Waals surface area contributed by atoms with Crippen molar-refractivity contribution in [1.82, 2.24) is 15.6 Å². The summed E-state index contributed by atoms with van der Waals surface area (Å²) in [6, 6.07) is 10.9. The fraction of sp³-hybridized carbons (Fsp3) is 0.478. The molecule has 1 unspecified atom stereocenters. The van der Waals surface area contributed by atoms with Crippen LogP contribution in [0.3, 0.4) is 0 Å². The molecule has 2 N–H and O–H groups in total. The predicted molar refractivity (Wildman–Crippen MR) is 120 cm³/mol. The lowest BCUT2D eigenvalue weighted by atomic mass is 10.1. The van der Waals surface area contributed by atoms with Gasteiger partial charge in [-0.15, -0.1) is 0 Å². The van der Waals surface area contributed by atoms with Gasteiger partial charge in [-0.25, -0.2) is 14.4 Å². The Kier molecular flexibility index (Phi) is 7.49. The van der Waals surface area contributed by atoms with E-state index in [4.69, 9.17) is 4.74 Å². The van der Waals surface area contributed by atoms with Crippen LogP contribution in [0.4, 0.5) is 10.2 Å². The van der Waals surface area contributed by atoms with Crippen LogP contribution in [0.1, 0.15) is 44.0 Å². The largest absolute Gasteiger partial charge is 0.490 e. The minimum Gasteiger partial charge on any atom is -0.490 e. The van der Waals surface area contributed by atoms with Crippen LogP contribution in [-0.2, 0) is 6.54 Å². The van der Waals surface area contributed by atoms with Crippen molar-refractivity contribution < 1.29 is 9.13 Å². The number of benzene rings is 1. The molecule has 2 aromatic rings. The van der Waals surface area contributed by atoms with Gasteiger partial charge in [-0.05, 0) is 62.4 Å². The molecule has 1 saturated carbocycles. The summed E-state index contributed by atoms with van der Waals surface area (Å²) in [5, 5.41) is 6.58. The van der Waals surface area contributed by atoms with Gasteiger partial charge >= 0.3 is 0 Å². The maximum Gasteiger partial charge on any atom is 0.192 e. The Balaban J connectivity index is 1.64. The second kappa shape index (κ2) is 10.3. The van der Waals surface area contributed by atoms with Crippen LogP contribution in [0.15, 0.2) is 41.4 Å². The second-order valence-corrected chi connectivity index (χ2v) is 7.89. The number of hydrogen-bond donors (Lipinski definition) is 2. The third-order valence-corrected chi connectivity index (χ3v) is 4.97. The van der Waals surface area contributed by atoms with Crippen LogP contribution in [0.5, 0.6) is 5.75 Å². The van der Waals surface area contributed by atoms with Gasteiger partial charge in [0.2, 0.25) is 0 Å². The molecule has 162 valence electrons. The zero-order valence-electron chi connectivity index (χ0n) is 18.3. The molecular weight excluding hydrogens is 381 g/mol. The molecule has 0 aliphatic heterocycles. The van der Waals surface area contributed by atoms with Crippen LogP contribution in [0, 0.1) is 11.7 Å². The number of aliphatic imine (C=N–C) groups is 1. The quantitative estimate of drug-likeness (QED) is 0.482. The van der Waals surface area contributed by atoms with E-state index in [1.54, 1.807) is 6.07 Å². The topological polar surface area (TPSA) is 61.8 Å². The number of halogens is 1. The van der Waals surface area contributed by atoms with Gasteiger partial charge in [-0.2, -0.15) is 0 Å². The fourth-order valence-electron chi connectivity index (χ4n) is 2.97. The van der Waals surface area contributed by atoms with Crippen LogP contribution < -0.4 is 20.3 Å². The Morgan fingerprint density at radius 3 is 2.77 bits per heavy atom. The predicted octanol–water partition coefficient (Wildman–Crippen LogP) is 3.89. The van der Waals surface area contributed by atoms with Crippen molar-refractivity contribution in [3.05, 3.63) is 53.5 Å². The van der Waals surface area contributed by atoms with Crippen molar-refractivity contribution in [2.45, 2.75) is 39.3 Å². The number of nitrogens with one attached hydrogen (secondary N) is 2. The molecule has 1 fully saturated rings. The summed E-state index contributed by atoms with van der Waals surface area (Å²) in [4.78, 5) is 11.2. The zero-order chi connectivity index (χ0) is 21.5. The SMILES string of the molecule is CCNC(=NCc1cccc(N(C)C)n1)NC(C)c1ccc(OCC2CC2)c(F)c1. The van der Waals surface area contributed by atoms with Crippen LogP contribution in [0.2, 0.25) is 0 Å². The van der Waals surface area contributed by atoms with Crippen molar-refractivity contribution in [2.75, 3.05) is 32.1 Å². The van der Waals surface area contributed by atoms with Crippen LogP contribution >= 0.6 is 0 Å². The summed E-state index contributed by atoms with van der Waals surface area (Å²) in [5.41, 5.74) is 1.72. The molecule has 1 aliphatic rings. The standard InChI is InChI=1S/C23H32FN5O/c1-5-25-23(26-14-19-7-6-8-22(28-19)29(3)4)27-16(2)18-11-12-21(20(24)13-18)30-15-17-9-10-17/h6-8,11-13,16-17H,5,9-10,14-15H2,1-4H3,(H2,25,26,27). The molecule has 0 radical (unpaired) electrons. The highest BCUT2D eigenvalue weighted by molar-refractivity contribution is 5.80. The number of aromatic nitrogens is 1. The Bertz CT molecular complexity index is 866. The molecule has 7 heteroatoms. The molecule has 0 amide bonds. The highest BCUT2D eigenvalue weighted by Gasteiger charge is 2.22. The lowest BCUT2D eigenvalue weighted by molar-refractivity contribution is 0.285. The first kappa shape index (κ1) is 21.9. The van der Waals surface area contributed by atoms with Crippen molar-refractivity contribution in [3.8, 4) is 5.75 Å². The van der Waals surface area contributed by atoms with E-state index in [9.17, 15) is 4.39 Å². The van der Waals surface area contributed by atoms with Crippen molar-refractivity contribution in [1.29, 1.82) is 0 Å². The number of rotatable bonds is 9. The molecule has 0 spiro atoms. The third-order valence-electron chi connectivity index (χ3n) is 4.97. The number of ether oxygens (including phenoxy) is 1. The summed E-state index contributed by atoms with van der Waals surface area (Å²) >= 11 is 0. The molecular formula is C23H32FN5O. The number of anilines is 1. The van der Waals surface area contributed by atoms with E-state index in [-0.39, 0.29) is 11.9 Å². The van der Waals surface area contributed by atoms with Crippen LogP contribution in [0.25, 0.3) is 0 Å². The first-order valence-corrected chi connectivity index (χ1v) is 10.6. The molecule has 3 rings (SSSR count). The zero-order valence-corrected chi connectivity index (χ0v) is 18.3. The Hall–Kier alpha value is -2.83. The van der Waals surface area contributed by atoms with E-state index in [1.807, 2.05) is 57.1 Å². The van der Waals surface area contributed by atoms with Gasteiger partial charge in [0.1, 0.15) is 5.82 Å². The van der Waals surface area contributed by atoms with Gasteiger partial charge in [0, 0.05) is 20.6 Å². The maximum absolute atomic E-state index is 14.4. The molecule has 1 atom stereocenters. The number of nitrogens with zero attached hydrogens (tertiary/aromatic N) is 3. The lowest BCUT2D eigenvalue weighted by Gasteiger charge is -2.19. The molecule has 1 aromatic carbocycles. The molecule has 1 heterocycles. The average Bonchev–Trinajstić information content (AvgIpc) is 3.56. The van der Waals surface area contributed by atoms with E-state index in [1.165, 1.54) is 18.9 Å². The second-order valence-electron chi connectivity index (χ2n) is 7.89. The van der Waals surface area contributed by atoms with Gasteiger partial charge in [-0.3, -0.25) is 0 Å². The molecule has 1 aliphatic carbocycles. The van der Waals surface area contributed by atoms with Gasteiger partial charge in [-0.1, -0.05) is 12.1 Å². The van der Waals surface area contributed by atoms with Gasteiger partial charge in [0.25, 0.3) is 0 Å².